The van der Waals surface area contributed by atoms with Crippen LogP contribution in [-0.2, 0) is 0 Å². The highest BCUT2D eigenvalue weighted by molar-refractivity contribution is 5.74. The van der Waals surface area contributed by atoms with Crippen LogP contribution in [0.15, 0.2) is 0 Å². The summed E-state index contributed by atoms with van der Waals surface area (Å²) < 4.78 is 0. The second-order valence-corrected chi connectivity index (χ2v) is 3.44. The van der Waals surface area contributed by atoms with Crippen LogP contribution in [0.3, 0.4) is 0 Å². The first-order chi connectivity index (χ1) is 6.24. The van der Waals surface area contributed by atoms with Gasteiger partial charge in [0, 0.05) is 19.6 Å². The average molecular weight is 186 g/mol. The topological polar surface area (TPSA) is 52.6 Å². The molecule has 1 saturated heterocycles. The zero-order valence-corrected chi connectivity index (χ0v) is 8.12. The molecule has 0 saturated carbocycles. The lowest BCUT2D eigenvalue weighted by atomic mass is 10.3. The van der Waals surface area contributed by atoms with Gasteiger partial charge in [0.25, 0.3) is 0 Å². The van der Waals surface area contributed by atoms with E-state index in [1.54, 1.807) is 4.90 Å². The molecule has 4 nitrogen and oxygen atoms in total. The maximum absolute atomic E-state index is 11.4. The van der Waals surface area contributed by atoms with E-state index in [2.05, 4.69) is 5.32 Å². The molecule has 1 aliphatic rings. The Balaban J connectivity index is 2.16. The molecule has 0 radical (unpaired) electrons. The third-order valence-electron chi connectivity index (χ3n) is 2.35. The van der Waals surface area contributed by atoms with E-state index < -0.39 is 6.10 Å². The minimum absolute atomic E-state index is 0.0370. The fourth-order valence-corrected chi connectivity index (χ4v) is 1.38. The molecule has 1 atom stereocenters. The van der Waals surface area contributed by atoms with Gasteiger partial charge in [0.2, 0.25) is 0 Å². The van der Waals surface area contributed by atoms with Crippen molar-refractivity contribution in [3.05, 3.63) is 0 Å². The van der Waals surface area contributed by atoms with E-state index in [-0.39, 0.29) is 6.03 Å². The molecule has 0 spiro atoms. The number of aliphatic hydroxyl groups is 1. The Bertz CT molecular complexity index is 167. The summed E-state index contributed by atoms with van der Waals surface area (Å²) in [6.07, 6.45) is 2.47. The largest absolute Gasteiger partial charge is 0.391 e. The zero-order chi connectivity index (χ0) is 9.68. The smallest absolute Gasteiger partial charge is 0.317 e. The Labute approximate surface area is 78.9 Å². The second-order valence-electron chi connectivity index (χ2n) is 3.44. The Morgan fingerprint density at radius 1 is 1.54 bits per heavy atom. The number of hydrogen-bond donors (Lipinski definition) is 2. The minimum Gasteiger partial charge on any atom is -0.391 e. The standard InChI is InChI=1S/C9H18N2O2/c1-2-8(12)7-10-9(13)11-5-3-4-6-11/h8,12H,2-7H2,1H3,(H,10,13). The predicted octanol–water partition coefficient (Wildman–Crippen LogP) is 0.563. The van der Waals surface area contributed by atoms with Crippen molar-refractivity contribution in [1.82, 2.24) is 10.2 Å². The summed E-state index contributed by atoms with van der Waals surface area (Å²) in [7, 11) is 0. The van der Waals surface area contributed by atoms with Crippen LogP contribution in [0.4, 0.5) is 4.79 Å². The molecule has 2 N–H and O–H groups in total. The molecule has 13 heavy (non-hydrogen) atoms. The zero-order valence-electron chi connectivity index (χ0n) is 8.12. The molecule has 0 aromatic carbocycles. The first-order valence-corrected chi connectivity index (χ1v) is 4.95. The van der Waals surface area contributed by atoms with Crippen molar-refractivity contribution in [3.63, 3.8) is 0 Å². The lowest BCUT2D eigenvalue weighted by molar-refractivity contribution is 0.160. The average Bonchev–Trinajstić information content (AvgIpc) is 2.66. The molecule has 4 heteroatoms. The number of amides is 2. The number of carbonyl (C=O) groups is 1. The van der Waals surface area contributed by atoms with E-state index in [1.807, 2.05) is 6.92 Å². The van der Waals surface area contributed by atoms with Gasteiger partial charge in [-0.05, 0) is 19.3 Å². The van der Waals surface area contributed by atoms with E-state index in [1.165, 1.54) is 0 Å². The molecular weight excluding hydrogens is 168 g/mol. The third-order valence-corrected chi connectivity index (χ3v) is 2.35. The van der Waals surface area contributed by atoms with Crippen molar-refractivity contribution in [2.24, 2.45) is 0 Å². The molecule has 0 aromatic heterocycles. The van der Waals surface area contributed by atoms with Gasteiger partial charge in [0.1, 0.15) is 0 Å². The number of nitrogens with zero attached hydrogens (tertiary/aromatic N) is 1. The van der Waals surface area contributed by atoms with E-state index in [0.717, 1.165) is 25.9 Å². The van der Waals surface area contributed by atoms with Gasteiger partial charge in [-0.25, -0.2) is 4.79 Å². The van der Waals surface area contributed by atoms with Crippen molar-refractivity contribution in [3.8, 4) is 0 Å². The molecule has 1 fully saturated rings. The van der Waals surface area contributed by atoms with E-state index in [9.17, 15) is 9.90 Å². The maximum Gasteiger partial charge on any atom is 0.317 e. The van der Waals surface area contributed by atoms with Crippen LogP contribution in [0.25, 0.3) is 0 Å². The van der Waals surface area contributed by atoms with Gasteiger partial charge in [0.05, 0.1) is 6.10 Å². The van der Waals surface area contributed by atoms with Gasteiger partial charge in [-0.2, -0.15) is 0 Å². The lowest BCUT2D eigenvalue weighted by Gasteiger charge is -2.17. The maximum atomic E-state index is 11.4. The Hall–Kier alpha value is -0.770. The predicted molar refractivity (Wildman–Crippen MR) is 50.5 cm³/mol. The molecule has 2 amide bonds. The van der Waals surface area contributed by atoms with Crippen LogP contribution in [0.2, 0.25) is 0 Å². The van der Waals surface area contributed by atoms with Crippen molar-refractivity contribution >= 4 is 6.03 Å². The fourth-order valence-electron chi connectivity index (χ4n) is 1.38. The Morgan fingerprint density at radius 3 is 2.69 bits per heavy atom. The van der Waals surface area contributed by atoms with Crippen LogP contribution in [0.5, 0.6) is 0 Å². The number of nitrogens with one attached hydrogen (secondary N) is 1. The van der Waals surface area contributed by atoms with Gasteiger partial charge >= 0.3 is 6.03 Å². The van der Waals surface area contributed by atoms with Crippen LogP contribution >= 0.6 is 0 Å². The third kappa shape index (κ3) is 3.22. The van der Waals surface area contributed by atoms with E-state index in [4.69, 9.17) is 0 Å². The summed E-state index contributed by atoms with van der Waals surface area (Å²) in [6.45, 7) is 3.97. The highest BCUT2D eigenvalue weighted by Gasteiger charge is 2.17. The van der Waals surface area contributed by atoms with Crippen LogP contribution in [0.1, 0.15) is 26.2 Å². The molecule has 1 heterocycles. The van der Waals surface area contributed by atoms with Crippen LogP contribution < -0.4 is 5.32 Å². The van der Waals surface area contributed by atoms with Crippen molar-refractivity contribution in [2.75, 3.05) is 19.6 Å². The van der Waals surface area contributed by atoms with Crippen molar-refractivity contribution in [1.29, 1.82) is 0 Å². The highest BCUT2D eigenvalue weighted by atomic mass is 16.3. The van der Waals surface area contributed by atoms with Crippen LogP contribution in [-0.4, -0.2) is 41.8 Å². The SMILES string of the molecule is CCC(O)CNC(=O)N1CCCC1. The molecule has 0 bridgehead atoms. The summed E-state index contributed by atoms with van der Waals surface area (Å²) in [5, 5.41) is 11.9. The first-order valence-electron chi connectivity index (χ1n) is 4.95. The van der Waals surface area contributed by atoms with Crippen molar-refractivity contribution in [2.45, 2.75) is 32.3 Å². The normalized spacial score (nSPS) is 18.8. The van der Waals surface area contributed by atoms with Gasteiger partial charge in [-0.3, -0.25) is 0 Å². The number of likely N-dealkylation sites (tertiary alicyclic amines) is 1. The van der Waals surface area contributed by atoms with Gasteiger partial charge < -0.3 is 15.3 Å². The molecule has 0 aliphatic carbocycles. The van der Waals surface area contributed by atoms with Gasteiger partial charge in [0.15, 0.2) is 0 Å². The number of hydrogen-bond acceptors (Lipinski definition) is 2. The molecule has 1 unspecified atom stereocenters. The Kier molecular flexibility index (Phi) is 4.02. The first kappa shape index (κ1) is 10.3. The summed E-state index contributed by atoms with van der Waals surface area (Å²) in [5.41, 5.74) is 0. The summed E-state index contributed by atoms with van der Waals surface area (Å²) in [5.74, 6) is 0. The molecule has 76 valence electrons. The highest BCUT2D eigenvalue weighted by Crippen LogP contribution is 2.06. The molecule has 0 aromatic rings. The fraction of sp³-hybridized carbons (Fsp3) is 0.889. The quantitative estimate of drug-likeness (QED) is 0.676. The van der Waals surface area contributed by atoms with Crippen molar-refractivity contribution < 1.29 is 9.90 Å². The number of urea groups is 1. The lowest BCUT2D eigenvalue weighted by Crippen LogP contribution is -2.41. The molecule has 1 rings (SSSR count). The summed E-state index contributed by atoms with van der Waals surface area (Å²) >= 11 is 0. The molecular formula is C9H18N2O2. The van der Waals surface area contributed by atoms with Gasteiger partial charge in [-0.1, -0.05) is 6.92 Å². The number of carbonyl (C=O) groups excluding carboxylic acids is 1. The van der Waals surface area contributed by atoms with E-state index in [0.29, 0.717) is 13.0 Å². The Morgan fingerprint density at radius 2 is 2.15 bits per heavy atom. The van der Waals surface area contributed by atoms with Gasteiger partial charge in [-0.15, -0.1) is 0 Å². The van der Waals surface area contributed by atoms with E-state index >= 15 is 0 Å². The van der Waals surface area contributed by atoms with Crippen LogP contribution in [0, 0.1) is 0 Å². The second kappa shape index (κ2) is 5.07. The monoisotopic (exact) mass is 186 g/mol. The summed E-state index contributed by atoms with van der Waals surface area (Å²) in [4.78, 5) is 13.2. The number of rotatable bonds is 3. The summed E-state index contributed by atoms with van der Waals surface area (Å²) in [6, 6.07) is -0.0370. The molecule has 1 aliphatic heterocycles. The minimum atomic E-state index is -0.411. The number of aliphatic hydroxyl groups excluding tert-OH is 1.